The zero-order chi connectivity index (χ0) is 22.7. The standard InChI is InChI=1S/C26H24ClNO3S/c1-17-14-16-32-25(17)23-22(21(29)12-9-18-5-3-2-4-6-18)24(30)26(31)28(23)15-13-19-7-10-20(27)11-8-19/h2-8,10-11,14,16,23,30H,9,12-13,15H2,1H3. The summed E-state index contributed by atoms with van der Waals surface area (Å²) in [7, 11) is 0. The first-order chi connectivity index (χ1) is 15.5. The lowest BCUT2D eigenvalue weighted by Crippen LogP contribution is -2.33. The minimum atomic E-state index is -0.557. The first kappa shape index (κ1) is 22.3. The summed E-state index contributed by atoms with van der Waals surface area (Å²) in [5, 5.41) is 13.4. The van der Waals surface area contributed by atoms with Crippen LogP contribution in [-0.4, -0.2) is 28.2 Å². The predicted molar refractivity (Wildman–Crippen MR) is 128 cm³/mol. The molecule has 1 atom stereocenters. The molecule has 0 saturated heterocycles. The Morgan fingerprint density at radius 3 is 2.38 bits per heavy atom. The molecule has 32 heavy (non-hydrogen) atoms. The van der Waals surface area contributed by atoms with E-state index in [1.54, 1.807) is 4.90 Å². The number of Topliss-reactive ketones (excluding diaryl/α,β-unsaturated/α-hetero) is 1. The molecule has 1 amide bonds. The molecule has 2 aromatic carbocycles. The summed E-state index contributed by atoms with van der Waals surface area (Å²) < 4.78 is 0. The van der Waals surface area contributed by atoms with E-state index in [1.165, 1.54) is 11.3 Å². The zero-order valence-electron chi connectivity index (χ0n) is 17.8. The van der Waals surface area contributed by atoms with Gasteiger partial charge < -0.3 is 10.0 Å². The highest BCUT2D eigenvalue weighted by Crippen LogP contribution is 2.41. The van der Waals surface area contributed by atoms with E-state index < -0.39 is 17.7 Å². The summed E-state index contributed by atoms with van der Waals surface area (Å²) in [6.45, 7) is 2.36. The third-order valence-electron chi connectivity index (χ3n) is 5.79. The van der Waals surface area contributed by atoms with Gasteiger partial charge in [-0.05, 0) is 60.0 Å². The Morgan fingerprint density at radius 2 is 1.72 bits per heavy atom. The van der Waals surface area contributed by atoms with Crippen molar-refractivity contribution in [2.45, 2.75) is 32.2 Å². The van der Waals surface area contributed by atoms with Gasteiger partial charge in [0.15, 0.2) is 11.5 Å². The number of thiophene rings is 1. The van der Waals surface area contributed by atoms with E-state index in [2.05, 4.69) is 0 Å². The minimum Gasteiger partial charge on any atom is -0.503 e. The molecule has 0 spiro atoms. The number of aliphatic hydroxyl groups is 1. The first-order valence-corrected chi connectivity index (χ1v) is 11.8. The maximum atomic E-state index is 13.2. The number of halogens is 1. The van der Waals surface area contributed by atoms with Crippen molar-refractivity contribution in [1.82, 2.24) is 4.90 Å². The fraction of sp³-hybridized carbons (Fsp3) is 0.231. The molecule has 3 aromatic rings. The van der Waals surface area contributed by atoms with Gasteiger partial charge in [0.1, 0.15) is 0 Å². The average molecular weight is 466 g/mol. The highest BCUT2D eigenvalue weighted by molar-refractivity contribution is 7.10. The highest BCUT2D eigenvalue weighted by Gasteiger charge is 2.43. The molecule has 0 bridgehead atoms. The van der Waals surface area contributed by atoms with Crippen molar-refractivity contribution < 1.29 is 14.7 Å². The monoisotopic (exact) mass is 465 g/mol. The number of amides is 1. The molecule has 0 fully saturated rings. The van der Waals surface area contributed by atoms with Gasteiger partial charge in [-0.15, -0.1) is 11.3 Å². The van der Waals surface area contributed by atoms with Crippen molar-refractivity contribution in [2.75, 3.05) is 6.54 Å². The molecule has 1 aliphatic rings. The van der Waals surface area contributed by atoms with Gasteiger partial charge in [0.2, 0.25) is 0 Å². The molecule has 1 aromatic heterocycles. The van der Waals surface area contributed by atoms with Crippen LogP contribution in [0.4, 0.5) is 0 Å². The van der Waals surface area contributed by atoms with Crippen LogP contribution in [-0.2, 0) is 22.4 Å². The smallest absolute Gasteiger partial charge is 0.290 e. The first-order valence-electron chi connectivity index (χ1n) is 10.6. The van der Waals surface area contributed by atoms with E-state index in [0.717, 1.165) is 21.6 Å². The molecule has 1 aliphatic heterocycles. The van der Waals surface area contributed by atoms with Crippen LogP contribution in [0.25, 0.3) is 0 Å². The molecule has 0 radical (unpaired) electrons. The van der Waals surface area contributed by atoms with E-state index in [9.17, 15) is 14.7 Å². The molecule has 0 saturated carbocycles. The van der Waals surface area contributed by atoms with Gasteiger partial charge in [-0.3, -0.25) is 9.59 Å². The molecule has 6 heteroatoms. The van der Waals surface area contributed by atoms with Crippen molar-refractivity contribution in [2.24, 2.45) is 0 Å². The Kier molecular flexibility index (Phi) is 6.77. The van der Waals surface area contributed by atoms with Crippen molar-refractivity contribution in [3.05, 3.63) is 104 Å². The average Bonchev–Trinajstić information content (AvgIpc) is 3.33. The van der Waals surface area contributed by atoms with E-state index >= 15 is 0 Å². The number of rotatable bonds is 8. The van der Waals surface area contributed by atoms with Crippen LogP contribution in [0.1, 0.15) is 34.0 Å². The molecular formula is C26H24ClNO3S. The van der Waals surface area contributed by atoms with Crippen molar-refractivity contribution in [3.8, 4) is 0 Å². The largest absolute Gasteiger partial charge is 0.503 e. The van der Waals surface area contributed by atoms with Crippen LogP contribution in [0, 0.1) is 6.92 Å². The second-order valence-electron chi connectivity index (χ2n) is 7.92. The Bertz CT molecular complexity index is 1150. The molecule has 4 nitrogen and oxygen atoms in total. The Hall–Kier alpha value is -2.89. The van der Waals surface area contributed by atoms with Gasteiger partial charge >= 0.3 is 0 Å². The molecule has 1 unspecified atom stereocenters. The topological polar surface area (TPSA) is 57.6 Å². The molecule has 1 N–H and O–H groups in total. The third-order valence-corrected chi connectivity index (χ3v) is 7.12. The summed E-state index contributed by atoms with van der Waals surface area (Å²) in [6, 6.07) is 18.7. The summed E-state index contributed by atoms with van der Waals surface area (Å²) >= 11 is 7.48. The molecule has 2 heterocycles. The van der Waals surface area contributed by atoms with Crippen LogP contribution in [0.3, 0.4) is 0 Å². The Labute approximate surface area is 196 Å². The van der Waals surface area contributed by atoms with Crippen LogP contribution < -0.4 is 0 Å². The Balaban J connectivity index is 1.59. The van der Waals surface area contributed by atoms with Crippen LogP contribution in [0.5, 0.6) is 0 Å². The van der Waals surface area contributed by atoms with Crippen molar-refractivity contribution in [1.29, 1.82) is 0 Å². The normalized spacial score (nSPS) is 16.1. The summed E-state index contributed by atoms with van der Waals surface area (Å²) in [5.41, 5.74) is 3.31. The second-order valence-corrected chi connectivity index (χ2v) is 9.30. The highest BCUT2D eigenvalue weighted by atomic mass is 35.5. The molecular weight excluding hydrogens is 442 g/mol. The molecule has 4 rings (SSSR count). The number of carbonyl (C=O) groups excluding carboxylic acids is 2. The van der Waals surface area contributed by atoms with Gasteiger partial charge in [0.25, 0.3) is 5.91 Å². The van der Waals surface area contributed by atoms with Gasteiger partial charge in [-0.1, -0.05) is 54.1 Å². The van der Waals surface area contributed by atoms with E-state index in [4.69, 9.17) is 11.6 Å². The number of aliphatic hydroxyl groups excluding tert-OH is 1. The van der Waals surface area contributed by atoms with E-state index in [-0.39, 0.29) is 17.8 Å². The maximum absolute atomic E-state index is 13.2. The third kappa shape index (κ3) is 4.64. The maximum Gasteiger partial charge on any atom is 0.290 e. The lowest BCUT2D eigenvalue weighted by molar-refractivity contribution is -0.129. The number of benzene rings is 2. The van der Waals surface area contributed by atoms with Crippen molar-refractivity contribution >= 4 is 34.6 Å². The fourth-order valence-corrected chi connectivity index (χ4v) is 5.22. The number of hydrogen-bond donors (Lipinski definition) is 1. The Morgan fingerprint density at radius 1 is 1.03 bits per heavy atom. The zero-order valence-corrected chi connectivity index (χ0v) is 19.3. The minimum absolute atomic E-state index is 0.188. The number of carbonyl (C=O) groups is 2. The number of hydrogen-bond acceptors (Lipinski definition) is 4. The van der Waals surface area contributed by atoms with Crippen LogP contribution in [0.15, 0.2) is 77.4 Å². The van der Waals surface area contributed by atoms with Gasteiger partial charge in [-0.25, -0.2) is 0 Å². The predicted octanol–water partition coefficient (Wildman–Crippen LogP) is 5.85. The summed E-state index contributed by atoms with van der Waals surface area (Å²) in [6.07, 6.45) is 1.40. The van der Waals surface area contributed by atoms with Crippen LogP contribution in [0.2, 0.25) is 5.02 Å². The quantitative estimate of drug-likeness (QED) is 0.454. The van der Waals surface area contributed by atoms with Gasteiger partial charge in [0.05, 0.1) is 11.6 Å². The number of ketones is 1. The lowest BCUT2D eigenvalue weighted by atomic mass is 9.95. The molecule has 164 valence electrons. The SMILES string of the molecule is Cc1ccsc1C1C(C(=O)CCc2ccccc2)=C(O)C(=O)N1CCc1ccc(Cl)cc1. The fourth-order valence-electron chi connectivity index (χ4n) is 4.04. The number of nitrogens with zero attached hydrogens (tertiary/aromatic N) is 1. The van der Waals surface area contributed by atoms with E-state index in [1.807, 2.05) is 73.0 Å². The van der Waals surface area contributed by atoms with Gasteiger partial charge in [-0.2, -0.15) is 0 Å². The number of aryl methyl sites for hydroxylation is 2. The van der Waals surface area contributed by atoms with Crippen LogP contribution >= 0.6 is 22.9 Å². The second kappa shape index (κ2) is 9.72. The van der Waals surface area contributed by atoms with E-state index in [0.29, 0.717) is 24.4 Å². The lowest BCUT2D eigenvalue weighted by Gasteiger charge is -2.26. The summed E-state index contributed by atoms with van der Waals surface area (Å²) in [5.74, 6) is -1.09. The summed E-state index contributed by atoms with van der Waals surface area (Å²) in [4.78, 5) is 28.8. The molecule has 0 aliphatic carbocycles. The van der Waals surface area contributed by atoms with Crippen molar-refractivity contribution in [3.63, 3.8) is 0 Å². The van der Waals surface area contributed by atoms with Gasteiger partial charge in [0, 0.05) is 22.9 Å².